The van der Waals surface area contributed by atoms with Crippen LogP contribution < -0.4 is 10.2 Å². The van der Waals surface area contributed by atoms with Crippen molar-refractivity contribution in [2.45, 2.75) is 38.0 Å². The number of aryl methyl sites for hydroxylation is 2. The van der Waals surface area contributed by atoms with Gasteiger partial charge in [0.2, 0.25) is 5.13 Å². The number of fused-ring (bicyclic) bond motifs is 1. The van der Waals surface area contributed by atoms with Crippen molar-refractivity contribution in [3.63, 3.8) is 0 Å². The highest BCUT2D eigenvalue weighted by molar-refractivity contribution is 7.09. The largest absolute Gasteiger partial charge is 0.360 e. The van der Waals surface area contributed by atoms with Crippen LogP contribution >= 0.6 is 11.5 Å². The van der Waals surface area contributed by atoms with Gasteiger partial charge in [0.25, 0.3) is 0 Å². The molecular formula is C16H20N6S. The second-order valence-electron chi connectivity index (χ2n) is 6.91. The van der Waals surface area contributed by atoms with Crippen molar-refractivity contribution in [1.82, 2.24) is 19.6 Å². The average Bonchev–Trinajstić information content (AvgIpc) is 3.08. The second-order valence-corrected chi connectivity index (χ2v) is 7.66. The Kier molecular flexibility index (Phi) is 3.21. The molecule has 7 heteroatoms. The minimum Gasteiger partial charge on any atom is -0.360 e. The summed E-state index contributed by atoms with van der Waals surface area (Å²) in [7, 11) is 0. The number of anilines is 2. The molecule has 1 saturated carbocycles. The van der Waals surface area contributed by atoms with Crippen LogP contribution in [-0.2, 0) is 12.8 Å². The summed E-state index contributed by atoms with van der Waals surface area (Å²) in [6, 6.07) is 2.24. The van der Waals surface area contributed by atoms with E-state index in [9.17, 15) is 0 Å². The van der Waals surface area contributed by atoms with E-state index < -0.39 is 0 Å². The Morgan fingerprint density at radius 1 is 1.22 bits per heavy atom. The molecule has 23 heavy (non-hydrogen) atoms. The summed E-state index contributed by atoms with van der Waals surface area (Å²) >= 11 is 1.50. The molecule has 3 heterocycles. The highest BCUT2D eigenvalue weighted by atomic mass is 32.1. The van der Waals surface area contributed by atoms with Crippen molar-refractivity contribution in [2.24, 2.45) is 5.92 Å². The van der Waals surface area contributed by atoms with Gasteiger partial charge in [0.05, 0.1) is 5.69 Å². The van der Waals surface area contributed by atoms with E-state index in [1.807, 2.05) is 0 Å². The van der Waals surface area contributed by atoms with Crippen LogP contribution in [0, 0.1) is 5.92 Å². The molecule has 2 aromatic rings. The summed E-state index contributed by atoms with van der Waals surface area (Å²) in [5.74, 6) is 3.38. The molecule has 0 aromatic carbocycles. The predicted octanol–water partition coefficient (Wildman–Crippen LogP) is 2.24. The van der Waals surface area contributed by atoms with Crippen molar-refractivity contribution < 1.29 is 0 Å². The third kappa shape index (κ3) is 2.67. The molecule has 0 radical (unpaired) electrons. The fourth-order valence-corrected chi connectivity index (χ4v) is 4.06. The van der Waals surface area contributed by atoms with Gasteiger partial charge in [0.15, 0.2) is 5.82 Å². The lowest BCUT2D eigenvalue weighted by atomic mass is 10.00. The Morgan fingerprint density at radius 2 is 2.13 bits per heavy atom. The summed E-state index contributed by atoms with van der Waals surface area (Å²) in [6.07, 6.45) is 6.01. The predicted molar refractivity (Wildman–Crippen MR) is 90.1 cm³/mol. The Hall–Kier alpha value is -1.76. The van der Waals surface area contributed by atoms with Gasteiger partial charge in [-0.05, 0) is 43.7 Å². The molecule has 2 fully saturated rings. The summed E-state index contributed by atoms with van der Waals surface area (Å²) in [5, 5.41) is 13.2. The molecule has 1 aliphatic heterocycles. The molecule has 2 aliphatic carbocycles. The van der Waals surface area contributed by atoms with Crippen molar-refractivity contribution in [3.8, 4) is 0 Å². The zero-order valence-electron chi connectivity index (χ0n) is 13.0. The number of hydrogen-bond acceptors (Lipinski definition) is 7. The number of aromatic nitrogens is 4. The highest BCUT2D eigenvalue weighted by Gasteiger charge is 2.30. The van der Waals surface area contributed by atoms with Gasteiger partial charge in [-0.3, -0.25) is 0 Å². The summed E-state index contributed by atoms with van der Waals surface area (Å²) in [5.41, 5.74) is 2.60. The number of hydrogen-bond donors (Lipinski definition) is 1. The van der Waals surface area contributed by atoms with Crippen LogP contribution in [0.25, 0.3) is 0 Å². The molecule has 6 nitrogen and oxygen atoms in total. The first-order chi connectivity index (χ1) is 11.3. The maximum Gasteiger partial charge on any atom is 0.202 e. The number of nitrogens with one attached hydrogen (secondary N) is 1. The van der Waals surface area contributed by atoms with E-state index in [2.05, 4.69) is 35.8 Å². The molecule has 0 bridgehead atoms. The quantitative estimate of drug-likeness (QED) is 0.908. The van der Waals surface area contributed by atoms with Crippen LogP contribution in [0.3, 0.4) is 0 Å². The number of rotatable bonds is 5. The molecular weight excluding hydrogens is 308 g/mol. The average molecular weight is 328 g/mol. The lowest BCUT2D eigenvalue weighted by Gasteiger charge is -2.40. The van der Waals surface area contributed by atoms with Gasteiger partial charge in [0, 0.05) is 43.0 Å². The highest BCUT2D eigenvalue weighted by Crippen LogP contribution is 2.39. The maximum atomic E-state index is 4.58. The Labute approximate surface area is 139 Å². The van der Waals surface area contributed by atoms with Crippen molar-refractivity contribution in [1.29, 1.82) is 0 Å². The summed E-state index contributed by atoms with van der Waals surface area (Å²) in [4.78, 5) is 6.91. The van der Waals surface area contributed by atoms with E-state index in [0.29, 0.717) is 11.8 Å². The minimum absolute atomic E-state index is 0.638. The monoisotopic (exact) mass is 328 g/mol. The van der Waals surface area contributed by atoms with E-state index in [1.54, 1.807) is 0 Å². The fourth-order valence-electron chi connectivity index (χ4n) is 3.40. The van der Waals surface area contributed by atoms with Crippen molar-refractivity contribution in [3.05, 3.63) is 23.1 Å². The first kappa shape index (κ1) is 13.7. The molecule has 3 aliphatic rings. The van der Waals surface area contributed by atoms with Gasteiger partial charge < -0.3 is 10.2 Å². The molecule has 0 unspecified atom stereocenters. The van der Waals surface area contributed by atoms with E-state index >= 15 is 0 Å². The van der Waals surface area contributed by atoms with E-state index in [1.165, 1.54) is 42.1 Å². The smallest absolute Gasteiger partial charge is 0.202 e. The van der Waals surface area contributed by atoms with Gasteiger partial charge in [-0.1, -0.05) is 0 Å². The van der Waals surface area contributed by atoms with Crippen molar-refractivity contribution in [2.75, 3.05) is 29.9 Å². The standard InChI is InChI=1S/C16H20N6S/c1-2-12-6-14(20-19-13(12)3-1)22-8-10(9-22)7-17-16-18-15(21-23-16)11-4-5-11/h6,10-11H,1-5,7-9H2,(H,17,18,21). The lowest BCUT2D eigenvalue weighted by Crippen LogP contribution is -2.50. The van der Waals surface area contributed by atoms with Crippen molar-refractivity contribution >= 4 is 22.5 Å². The summed E-state index contributed by atoms with van der Waals surface area (Å²) in [6.45, 7) is 3.07. The Morgan fingerprint density at radius 3 is 3.00 bits per heavy atom. The first-order valence-electron chi connectivity index (χ1n) is 8.53. The minimum atomic E-state index is 0.638. The van der Waals surface area contributed by atoms with Gasteiger partial charge in [-0.2, -0.15) is 9.47 Å². The Balaban J connectivity index is 1.14. The first-order valence-corrected chi connectivity index (χ1v) is 9.30. The van der Waals surface area contributed by atoms with Crippen LogP contribution in [0.4, 0.5) is 10.9 Å². The number of nitrogens with zero attached hydrogens (tertiary/aromatic N) is 5. The van der Waals surface area contributed by atoms with Crippen LogP contribution in [0.1, 0.15) is 42.3 Å². The summed E-state index contributed by atoms with van der Waals surface area (Å²) < 4.78 is 4.44. The molecule has 5 rings (SSSR count). The zero-order valence-corrected chi connectivity index (χ0v) is 13.8. The molecule has 0 atom stereocenters. The molecule has 120 valence electrons. The van der Waals surface area contributed by atoms with E-state index in [-0.39, 0.29) is 0 Å². The van der Waals surface area contributed by atoms with Gasteiger partial charge >= 0.3 is 0 Å². The maximum absolute atomic E-state index is 4.58. The topological polar surface area (TPSA) is 66.8 Å². The third-order valence-electron chi connectivity index (χ3n) is 5.01. The second kappa shape index (κ2) is 5.40. The fraction of sp³-hybridized carbons (Fsp3) is 0.625. The van der Waals surface area contributed by atoms with Crippen LogP contribution in [-0.4, -0.2) is 39.2 Å². The normalized spacial score (nSPS) is 20.4. The van der Waals surface area contributed by atoms with Gasteiger partial charge in [-0.25, -0.2) is 4.98 Å². The molecule has 1 N–H and O–H groups in total. The zero-order chi connectivity index (χ0) is 15.2. The molecule has 0 amide bonds. The van der Waals surface area contributed by atoms with Gasteiger partial charge in [0.1, 0.15) is 5.82 Å². The van der Waals surface area contributed by atoms with Crippen LogP contribution in [0.5, 0.6) is 0 Å². The van der Waals surface area contributed by atoms with E-state index in [4.69, 9.17) is 0 Å². The third-order valence-corrected chi connectivity index (χ3v) is 5.70. The molecule has 2 aromatic heterocycles. The van der Waals surface area contributed by atoms with Crippen LogP contribution in [0.2, 0.25) is 0 Å². The Bertz CT molecular complexity index is 719. The van der Waals surface area contributed by atoms with E-state index in [0.717, 1.165) is 49.2 Å². The molecule has 1 saturated heterocycles. The molecule has 0 spiro atoms. The lowest BCUT2D eigenvalue weighted by molar-refractivity contribution is 0.425. The van der Waals surface area contributed by atoms with Crippen LogP contribution in [0.15, 0.2) is 6.07 Å². The van der Waals surface area contributed by atoms with Gasteiger partial charge in [-0.15, -0.1) is 5.10 Å². The SMILES string of the molecule is c1c(N2CC(CNc3nc(C4CC4)ns3)C2)nnc2c1CCC2.